The van der Waals surface area contributed by atoms with Gasteiger partial charge in [-0.2, -0.15) is 0 Å². The molecule has 0 amide bonds. The molecule has 1 radical (unpaired) electrons. The van der Waals surface area contributed by atoms with Crippen molar-refractivity contribution in [3.05, 3.63) is 35.6 Å². The van der Waals surface area contributed by atoms with Crippen LogP contribution < -0.4 is 12.4 Å². The average molecular weight is 210 g/mol. The summed E-state index contributed by atoms with van der Waals surface area (Å²) in [7, 11) is 0. The number of hydrogen-bond donors (Lipinski definition) is 0. The summed E-state index contributed by atoms with van der Waals surface area (Å²) in [6.07, 6.45) is 0. The Labute approximate surface area is 79.0 Å². The summed E-state index contributed by atoms with van der Waals surface area (Å²) in [4.78, 5) is 0. The molecule has 1 rings (SSSR count). The quantitative estimate of drug-likeness (QED) is 0.478. The van der Waals surface area contributed by atoms with Crippen LogP contribution in [0.1, 0.15) is 5.56 Å². The average Bonchev–Trinajstić information content (AvgIpc) is 1.77. The van der Waals surface area contributed by atoms with Gasteiger partial charge in [0.05, 0.1) is 0 Å². The normalized spacial score (nSPS) is 7.40. The predicted octanol–water partition coefficient (Wildman–Crippen LogP) is -1.06. The van der Waals surface area contributed by atoms with Gasteiger partial charge in [0.15, 0.2) is 0 Å². The molecule has 1 aromatic carbocycles. The molecule has 0 bridgehead atoms. The number of halogens is 2. The van der Waals surface area contributed by atoms with Gasteiger partial charge in [-0.15, -0.1) is 0 Å². The molecule has 0 aromatic heterocycles. The van der Waals surface area contributed by atoms with Gasteiger partial charge in [0.1, 0.15) is 5.82 Å². The first-order chi connectivity index (χ1) is 3.80. The number of benzene rings is 1. The van der Waals surface area contributed by atoms with Crippen LogP contribution in [0.2, 0.25) is 0 Å². The fourth-order valence-corrected chi connectivity index (χ4v) is 0.500. The maximum Gasteiger partial charge on any atom is 0.126 e. The molecule has 0 aliphatic rings. The SMILES string of the molecule is Cc1[c]cccc1F.[Cl-].[Zn]. The number of hydrogen-bond acceptors (Lipinski definition) is 0. The first-order valence-corrected chi connectivity index (χ1v) is 2.43. The molecular weight excluding hydrogens is 204 g/mol. The van der Waals surface area contributed by atoms with Gasteiger partial charge in [-0.25, -0.2) is 4.39 Å². The topological polar surface area (TPSA) is 0 Å². The largest absolute Gasteiger partial charge is 1.00 e. The van der Waals surface area contributed by atoms with E-state index < -0.39 is 0 Å². The third-order valence-corrected chi connectivity index (χ3v) is 0.997. The van der Waals surface area contributed by atoms with E-state index in [1.807, 2.05) is 0 Å². The van der Waals surface area contributed by atoms with Crippen LogP contribution in [0.25, 0.3) is 0 Å². The van der Waals surface area contributed by atoms with Crippen molar-refractivity contribution < 1.29 is 36.3 Å². The van der Waals surface area contributed by atoms with E-state index in [4.69, 9.17) is 0 Å². The summed E-state index contributed by atoms with van der Waals surface area (Å²) in [5.74, 6) is -0.187. The van der Waals surface area contributed by atoms with Crippen LogP contribution in [-0.4, -0.2) is 0 Å². The Hall–Kier alpha value is 0.0634. The molecule has 0 aliphatic carbocycles. The minimum atomic E-state index is -0.187. The van der Waals surface area contributed by atoms with Crippen molar-refractivity contribution in [2.45, 2.75) is 6.92 Å². The van der Waals surface area contributed by atoms with Gasteiger partial charge in [0.25, 0.3) is 0 Å². The summed E-state index contributed by atoms with van der Waals surface area (Å²) >= 11 is 0. The van der Waals surface area contributed by atoms with Crippen LogP contribution in [0.4, 0.5) is 4.39 Å². The first-order valence-electron chi connectivity index (χ1n) is 2.43. The Balaban J connectivity index is 0. The van der Waals surface area contributed by atoms with Crippen LogP contribution in [0.3, 0.4) is 0 Å². The van der Waals surface area contributed by atoms with Crippen molar-refractivity contribution in [2.75, 3.05) is 0 Å². The van der Waals surface area contributed by atoms with Gasteiger partial charge < -0.3 is 12.4 Å². The Morgan fingerprint density at radius 1 is 1.50 bits per heavy atom. The van der Waals surface area contributed by atoms with Crippen LogP contribution in [0.5, 0.6) is 0 Å². The van der Waals surface area contributed by atoms with Crippen LogP contribution in [0, 0.1) is 18.8 Å². The minimum Gasteiger partial charge on any atom is -1.00 e. The second kappa shape index (κ2) is 5.82. The van der Waals surface area contributed by atoms with Crippen molar-refractivity contribution in [1.82, 2.24) is 0 Å². The van der Waals surface area contributed by atoms with Gasteiger partial charge in [0.2, 0.25) is 0 Å². The van der Waals surface area contributed by atoms with Crippen molar-refractivity contribution >= 4 is 0 Å². The Morgan fingerprint density at radius 2 is 2.10 bits per heavy atom. The Kier molecular flexibility index (Phi) is 7.40. The van der Waals surface area contributed by atoms with Crippen molar-refractivity contribution in [2.24, 2.45) is 0 Å². The van der Waals surface area contributed by atoms with E-state index in [1.54, 1.807) is 19.1 Å². The van der Waals surface area contributed by atoms with Gasteiger partial charge in [-0.1, -0.05) is 12.1 Å². The fraction of sp³-hybridized carbons (Fsp3) is 0.143. The molecule has 51 valence electrons. The van der Waals surface area contributed by atoms with Gasteiger partial charge in [-0.3, -0.25) is 0 Å². The summed E-state index contributed by atoms with van der Waals surface area (Å²) in [5, 5.41) is 0. The third kappa shape index (κ3) is 3.29. The van der Waals surface area contributed by atoms with E-state index in [0.717, 1.165) is 0 Å². The van der Waals surface area contributed by atoms with E-state index in [9.17, 15) is 4.39 Å². The minimum absolute atomic E-state index is 0. The molecular formula is C7H6ClFZn-. The standard InChI is InChI=1S/C7H6F.ClH.Zn/c1-6-4-2-3-5-7(6)8;;/h2-3,5H,1H3;1H;/p-1. The molecule has 10 heavy (non-hydrogen) atoms. The molecule has 0 spiro atoms. The first kappa shape index (κ1) is 12.7. The molecule has 0 atom stereocenters. The zero-order valence-corrected chi connectivity index (χ0v) is 9.42. The van der Waals surface area contributed by atoms with Gasteiger partial charge in [-0.05, 0) is 24.6 Å². The molecule has 1 aromatic rings. The smallest absolute Gasteiger partial charge is 0.126 e. The van der Waals surface area contributed by atoms with Gasteiger partial charge in [0, 0.05) is 19.5 Å². The monoisotopic (exact) mass is 208 g/mol. The molecule has 0 unspecified atom stereocenters. The Morgan fingerprint density at radius 3 is 2.40 bits per heavy atom. The van der Waals surface area contributed by atoms with E-state index in [-0.39, 0.29) is 37.7 Å². The summed E-state index contributed by atoms with van der Waals surface area (Å²) in [5.41, 5.74) is 0.576. The second-order valence-electron chi connectivity index (χ2n) is 1.64. The zero-order chi connectivity index (χ0) is 5.98. The summed E-state index contributed by atoms with van der Waals surface area (Å²) in [6, 6.07) is 7.47. The van der Waals surface area contributed by atoms with Crippen LogP contribution in [-0.2, 0) is 19.5 Å². The molecule has 0 fully saturated rings. The van der Waals surface area contributed by atoms with Crippen molar-refractivity contribution in [3.8, 4) is 0 Å². The van der Waals surface area contributed by atoms with Gasteiger partial charge >= 0.3 is 0 Å². The van der Waals surface area contributed by atoms with Crippen LogP contribution in [0.15, 0.2) is 18.2 Å². The number of rotatable bonds is 0. The van der Waals surface area contributed by atoms with Crippen LogP contribution >= 0.6 is 0 Å². The molecule has 0 saturated carbocycles. The van der Waals surface area contributed by atoms with Crippen molar-refractivity contribution in [3.63, 3.8) is 0 Å². The summed E-state index contributed by atoms with van der Waals surface area (Å²) < 4.78 is 12.3. The van der Waals surface area contributed by atoms with E-state index in [1.165, 1.54) is 6.07 Å². The molecule has 0 heterocycles. The number of aryl methyl sites for hydroxylation is 1. The molecule has 0 aliphatic heterocycles. The second-order valence-corrected chi connectivity index (χ2v) is 1.64. The van der Waals surface area contributed by atoms with E-state index in [2.05, 4.69) is 6.07 Å². The predicted molar refractivity (Wildman–Crippen MR) is 30.0 cm³/mol. The summed E-state index contributed by atoms with van der Waals surface area (Å²) in [6.45, 7) is 1.69. The maximum atomic E-state index is 12.3. The zero-order valence-electron chi connectivity index (χ0n) is 5.70. The Bertz CT molecular complexity index is 170. The third-order valence-electron chi connectivity index (χ3n) is 0.997. The van der Waals surface area contributed by atoms with E-state index in [0.29, 0.717) is 5.56 Å². The molecule has 0 nitrogen and oxygen atoms in total. The van der Waals surface area contributed by atoms with E-state index >= 15 is 0 Å². The molecule has 3 heteroatoms. The molecule has 0 N–H and O–H groups in total. The molecule has 0 saturated heterocycles. The van der Waals surface area contributed by atoms with Crippen molar-refractivity contribution in [1.29, 1.82) is 0 Å². The maximum absolute atomic E-state index is 12.3. The fourth-order valence-electron chi connectivity index (χ4n) is 0.500.